The van der Waals surface area contributed by atoms with E-state index >= 15 is 0 Å². The number of nitrogens with zero attached hydrogens (tertiary/aromatic N) is 2. The van der Waals surface area contributed by atoms with E-state index in [0.29, 0.717) is 18.5 Å². The highest BCUT2D eigenvalue weighted by molar-refractivity contribution is 5.93. The molecular formula is C20H35N9O5. The average molecular weight is 482 g/mol. The predicted octanol–water partition coefficient (Wildman–Crippen LogP) is -2.45. The zero-order valence-electron chi connectivity index (χ0n) is 19.4. The molecule has 14 heteroatoms. The van der Waals surface area contributed by atoms with Crippen molar-refractivity contribution in [3.8, 4) is 0 Å². The van der Waals surface area contributed by atoms with Crippen molar-refractivity contribution in [2.24, 2.45) is 28.1 Å². The molecule has 14 nitrogen and oxygen atoms in total. The highest BCUT2D eigenvalue weighted by atomic mass is 16.4. The lowest BCUT2D eigenvalue weighted by Crippen LogP contribution is -2.57. The molecule has 11 N–H and O–H groups in total. The number of carboxylic acid groups (broad SMARTS) is 1. The van der Waals surface area contributed by atoms with E-state index in [1.54, 1.807) is 0 Å². The van der Waals surface area contributed by atoms with Crippen molar-refractivity contribution in [3.63, 3.8) is 0 Å². The molecule has 0 aliphatic heterocycles. The Morgan fingerprint density at radius 3 is 2.38 bits per heavy atom. The van der Waals surface area contributed by atoms with Crippen molar-refractivity contribution in [3.05, 3.63) is 18.2 Å². The van der Waals surface area contributed by atoms with E-state index in [2.05, 4.69) is 30.9 Å². The Hall–Kier alpha value is -3.68. The van der Waals surface area contributed by atoms with Gasteiger partial charge in [-0.2, -0.15) is 0 Å². The number of hydrogen-bond acceptors (Lipinski definition) is 7. The number of nitrogens with one attached hydrogen (secondary N) is 4. The summed E-state index contributed by atoms with van der Waals surface area (Å²) < 4.78 is 0. The molecule has 1 aromatic heterocycles. The summed E-state index contributed by atoms with van der Waals surface area (Å²) >= 11 is 0. The first-order valence-electron chi connectivity index (χ1n) is 10.9. The number of aromatic nitrogens is 2. The molecule has 1 rings (SSSR count). The van der Waals surface area contributed by atoms with Crippen molar-refractivity contribution in [1.29, 1.82) is 0 Å². The second kappa shape index (κ2) is 14.5. The number of carbonyl (C=O) groups is 4. The molecule has 0 aliphatic carbocycles. The number of aromatic amines is 1. The molecule has 1 heterocycles. The molecule has 3 amide bonds. The summed E-state index contributed by atoms with van der Waals surface area (Å²) in [7, 11) is 0. The van der Waals surface area contributed by atoms with Gasteiger partial charge in [0, 0.05) is 24.9 Å². The minimum absolute atomic E-state index is 0.0260. The molecule has 0 saturated heterocycles. The number of nitrogens with two attached hydrogens (primary N) is 3. The van der Waals surface area contributed by atoms with Crippen molar-refractivity contribution in [2.45, 2.75) is 57.7 Å². The fraction of sp³-hybridized carbons (Fsp3) is 0.600. The van der Waals surface area contributed by atoms with Crippen LogP contribution in [0.5, 0.6) is 0 Å². The van der Waals surface area contributed by atoms with Gasteiger partial charge >= 0.3 is 5.97 Å². The van der Waals surface area contributed by atoms with E-state index in [1.165, 1.54) is 12.5 Å². The molecule has 34 heavy (non-hydrogen) atoms. The normalized spacial score (nSPS) is 14.2. The summed E-state index contributed by atoms with van der Waals surface area (Å²) in [5.74, 6) is -3.28. The van der Waals surface area contributed by atoms with Crippen LogP contribution in [0.4, 0.5) is 0 Å². The lowest BCUT2D eigenvalue weighted by molar-refractivity contribution is -0.138. The Balaban J connectivity index is 2.99. The number of rotatable bonds is 15. The molecule has 0 radical (unpaired) electrons. The van der Waals surface area contributed by atoms with Gasteiger partial charge in [0.15, 0.2) is 5.96 Å². The lowest BCUT2D eigenvalue weighted by Gasteiger charge is -2.25. The van der Waals surface area contributed by atoms with E-state index in [1.807, 2.05) is 13.8 Å². The number of aliphatic carboxylic acids is 1. The topological polar surface area (TPSA) is 244 Å². The molecule has 0 spiro atoms. The SMILES string of the molecule is CCC(C)C(N)C(=O)NC(CCCN=C(N)N)C(=O)NC(Cc1cnc[nH]1)C(=O)NCC(=O)O. The lowest BCUT2D eigenvalue weighted by atomic mass is 9.98. The standard InChI is InChI=1S/C20H35N9O5/c1-3-11(2)16(21)19(34)28-13(5-4-6-25-20(22)23)18(33)29-14(7-12-8-24-10-27-12)17(32)26-9-15(30)31/h8,10-11,13-14,16H,3-7,9,21H2,1-2H3,(H,24,27)(H,26,32)(H,28,34)(H,29,33)(H,30,31)(H4,22,23,25). The van der Waals surface area contributed by atoms with Crippen molar-refractivity contribution in [2.75, 3.05) is 13.1 Å². The van der Waals surface area contributed by atoms with Crippen LogP contribution in [0.3, 0.4) is 0 Å². The first-order valence-corrected chi connectivity index (χ1v) is 10.9. The summed E-state index contributed by atoms with van der Waals surface area (Å²) in [6.45, 7) is 3.34. The number of amides is 3. The van der Waals surface area contributed by atoms with Crippen molar-refractivity contribution < 1.29 is 24.3 Å². The first-order chi connectivity index (χ1) is 16.0. The van der Waals surface area contributed by atoms with Crippen LogP contribution in [-0.2, 0) is 25.6 Å². The smallest absolute Gasteiger partial charge is 0.322 e. The maximum atomic E-state index is 13.1. The van der Waals surface area contributed by atoms with Gasteiger partial charge < -0.3 is 43.2 Å². The molecular weight excluding hydrogens is 446 g/mol. The Bertz CT molecular complexity index is 839. The molecule has 0 aliphatic rings. The molecule has 0 aromatic carbocycles. The van der Waals surface area contributed by atoms with Crippen LogP contribution in [0.1, 0.15) is 38.8 Å². The van der Waals surface area contributed by atoms with Gasteiger partial charge in [-0.3, -0.25) is 24.2 Å². The highest BCUT2D eigenvalue weighted by Gasteiger charge is 2.29. The van der Waals surface area contributed by atoms with Gasteiger partial charge in [0.2, 0.25) is 17.7 Å². The third-order valence-corrected chi connectivity index (χ3v) is 5.16. The van der Waals surface area contributed by atoms with Gasteiger partial charge in [-0.15, -0.1) is 0 Å². The van der Waals surface area contributed by atoms with E-state index in [9.17, 15) is 19.2 Å². The van der Waals surface area contributed by atoms with Gasteiger partial charge in [-0.1, -0.05) is 20.3 Å². The van der Waals surface area contributed by atoms with Crippen LogP contribution in [0.2, 0.25) is 0 Å². The third kappa shape index (κ3) is 10.3. The fourth-order valence-corrected chi connectivity index (χ4v) is 2.94. The number of H-pyrrole nitrogens is 1. The Labute approximate surface area is 197 Å². The molecule has 0 saturated carbocycles. The minimum Gasteiger partial charge on any atom is -0.480 e. The Morgan fingerprint density at radius 1 is 1.15 bits per heavy atom. The number of imidazole rings is 1. The maximum Gasteiger partial charge on any atom is 0.322 e. The minimum atomic E-state index is -1.23. The van der Waals surface area contributed by atoms with Gasteiger partial charge in [0.05, 0.1) is 12.4 Å². The number of hydrogen-bond donors (Lipinski definition) is 8. The number of aliphatic imine (C=N–C) groups is 1. The Morgan fingerprint density at radius 2 is 1.82 bits per heavy atom. The summed E-state index contributed by atoms with van der Waals surface area (Å²) in [6.07, 6.45) is 4.13. The van der Waals surface area contributed by atoms with Crippen LogP contribution in [0.15, 0.2) is 17.5 Å². The van der Waals surface area contributed by atoms with Crippen molar-refractivity contribution >= 4 is 29.7 Å². The Kier molecular flexibility index (Phi) is 12.1. The van der Waals surface area contributed by atoms with Crippen molar-refractivity contribution in [1.82, 2.24) is 25.9 Å². The van der Waals surface area contributed by atoms with Gasteiger partial charge in [-0.05, 0) is 18.8 Å². The second-order valence-electron chi connectivity index (χ2n) is 7.87. The largest absolute Gasteiger partial charge is 0.480 e. The average Bonchev–Trinajstić information content (AvgIpc) is 3.30. The molecule has 4 atom stereocenters. The fourth-order valence-electron chi connectivity index (χ4n) is 2.94. The van der Waals surface area contributed by atoms with E-state index in [4.69, 9.17) is 22.3 Å². The summed E-state index contributed by atoms with van der Waals surface area (Å²) in [6, 6.07) is -2.96. The highest BCUT2D eigenvalue weighted by Crippen LogP contribution is 2.08. The first kappa shape index (κ1) is 28.4. The van der Waals surface area contributed by atoms with Crippen LogP contribution in [-0.4, -0.2) is 75.9 Å². The maximum absolute atomic E-state index is 13.1. The van der Waals surface area contributed by atoms with Gasteiger partial charge in [0.25, 0.3) is 0 Å². The van der Waals surface area contributed by atoms with E-state index in [-0.39, 0.29) is 31.3 Å². The van der Waals surface area contributed by atoms with E-state index < -0.39 is 48.4 Å². The number of carboxylic acids is 1. The van der Waals surface area contributed by atoms with Crippen LogP contribution >= 0.6 is 0 Å². The number of carbonyl (C=O) groups excluding carboxylic acids is 3. The summed E-state index contributed by atoms with van der Waals surface area (Å²) in [5, 5.41) is 16.3. The third-order valence-electron chi connectivity index (χ3n) is 5.16. The zero-order valence-corrected chi connectivity index (χ0v) is 19.4. The monoisotopic (exact) mass is 481 g/mol. The molecule has 0 fully saturated rings. The van der Waals surface area contributed by atoms with Gasteiger partial charge in [0.1, 0.15) is 18.6 Å². The molecule has 4 unspecified atom stereocenters. The van der Waals surface area contributed by atoms with E-state index in [0.717, 1.165) is 0 Å². The summed E-state index contributed by atoms with van der Waals surface area (Å²) in [5.41, 5.74) is 17.2. The summed E-state index contributed by atoms with van der Waals surface area (Å²) in [4.78, 5) is 59.6. The quantitative estimate of drug-likeness (QED) is 0.0751. The van der Waals surface area contributed by atoms with Crippen LogP contribution in [0, 0.1) is 5.92 Å². The second-order valence-corrected chi connectivity index (χ2v) is 7.87. The van der Waals surface area contributed by atoms with Crippen LogP contribution in [0.25, 0.3) is 0 Å². The predicted molar refractivity (Wildman–Crippen MR) is 124 cm³/mol. The zero-order chi connectivity index (χ0) is 25.7. The van der Waals surface area contributed by atoms with Gasteiger partial charge in [-0.25, -0.2) is 4.98 Å². The molecule has 1 aromatic rings. The van der Waals surface area contributed by atoms with Crippen LogP contribution < -0.4 is 33.2 Å². The molecule has 0 bridgehead atoms. The molecule has 190 valence electrons. The number of guanidine groups is 1.